The molecular formula is C10H24O2Si. The summed E-state index contributed by atoms with van der Waals surface area (Å²) in [5.41, 5.74) is 0. The lowest BCUT2D eigenvalue weighted by Gasteiger charge is -2.02. The van der Waals surface area contributed by atoms with Crippen molar-refractivity contribution < 1.29 is 9.16 Å². The monoisotopic (exact) mass is 204 g/mol. The molecule has 0 bridgehead atoms. The molecule has 0 radical (unpaired) electrons. The number of ether oxygens (including phenoxy) is 1. The van der Waals surface area contributed by atoms with Crippen molar-refractivity contribution in [3.05, 3.63) is 0 Å². The van der Waals surface area contributed by atoms with Crippen molar-refractivity contribution in [3.8, 4) is 0 Å². The van der Waals surface area contributed by atoms with Gasteiger partial charge in [-0.25, -0.2) is 0 Å². The highest BCUT2D eigenvalue weighted by Crippen LogP contribution is 2.04. The predicted molar refractivity (Wildman–Crippen MR) is 59.9 cm³/mol. The van der Waals surface area contributed by atoms with E-state index < -0.39 is 0 Å². The van der Waals surface area contributed by atoms with Crippen LogP contribution < -0.4 is 0 Å². The molecule has 0 spiro atoms. The minimum atomic E-state index is -0.223. The summed E-state index contributed by atoms with van der Waals surface area (Å²) in [7, 11) is 1.49. The molecule has 0 aromatic rings. The van der Waals surface area contributed by atoms with Crippen molar-refractivity contribution in [1.29, 1.82) is 0 Å². The van der Waals surface area contributed by atoms with Gasteiger partial charge in [-0.15, -0.1) is 0 Å². The standard InChI is InChI=1S/C10H24O2Si/c1-3-4-5-6-7-10-13-12-9-8-11-2/h3-10,13H2,1-2H3. The zero-order valence-corrected chi connectivity index (χ0v) is 10.6. The molecular weight excluding hydrogens is 180 g/mol. The lowest BCUT2D eigenvalue weighted by atomic mass is 10.2. The average molecular weight is 204 g/mol. The van der Waals surface area contributed by atoms with Crippen LogP contribution in [-0.2, 0) is 9.16 Å². The van der Waals surface area contributed by atoms with Gasteiger partial charge in [-0.3, -0.25) is 0 Å². The summed E-state index contributed by atoms with van der Waals surface area (Å²) in [5.74, 6) is 0. The van der Waals surface area contributed by atoms with E-state index in [1.165, 1.54) is 38.1 Å². The molecule has 0 aliphatic heterocycles. The first-order valence-electron chi connectivity index (χ1n) is 5.48. The zero-order valence-electron chi connectivity index (χ0n) is 9.18. The Hall–Kier alpha value is 0.137. The van der Waals surface area contributed by atoms with E-state index >= 15 is 0 Å². The van der Waals surface area contributed by atoms with Gasteiger partial charge in [0.1, 0.15) is 0 Å². The lowest BCUT2D eigenvalue weighted by molar-refractivity contribution is 0.149. The molecule has 0 aromatic carbocycles. The van der Waals surface area contributed by atoms with Crippen molar-refractivity contribution in [2.45, 2.75) is 45.1 Å². The average Bonchev–Trinajstić information content (AvgIpc) is 2.16. The van der Waals surface area contributed by atoms with Crippen molar-refractivity contribution in [2.24, 2.45) is 0 Å². The number of rotatable bonds is 10. The van der Waals surface area contributed by atoms with Crippen LogP contribution in [0.4, 0.5) is 0 Å². The third-order valence-electron chi connectivity index (χ3n) is 2.07. The first kappa shape index (κ1) is 13.1. The van der Waals surface area contributed by atoms with Gasteiger partial charge in [0.2, 0.25) is 0 Å². The van der Waals surface area contributed by atoms with E-state index in [0.717, 1.165) is 13.2 Å². The Kier molecular flexibility index (Phi) is 12.3. The van der Waals surface area contributed by atoms with Gasteiger partial charge in [0, 0.05) is 7.11 Å². The summed E-state index contributed by atoms with van der Waals surface area (Å²) >= 11 is 0. The van der Waals surface area contributed by atoms with Crippen molar-refractivity contribution in [3.63, 3.8) is 0 Å². The molecule has 0 N–H and O–H groups in total. The summed E-state index contributed by atoms with van der Waals surface area (Å²) in [6, 6.07) is 1.34. The fraction of sp³-hybridized carbons (Fsp3) is 1.00. The van der Waals surface area contributed by atoms with E-state index in [2.05, 4.69) is 6.92 Å². The third-order valence-corrected chi connectivity index (χ3v) is 3.44. The van der Waals surface area contributed by atoms with Crippen LogP contribution in [0.1, 0.15) is 39.0 Å². The van der Waals surface area contributed by atoms with Crippen molar-refractivity contribution >= 4 is 9.76 Å². The minimum absolute atomic E-state index is 0.223. The molecule has 80 valence electrons. The van der Waals surface area contributed by atoms with Gasteiger partial charge in [-0.2, -0.15) is 0 Å². The predicted octanol–water partition coefficient (Wildman–Crippen LogP) is 2.12. The second-order valence-electron chi connectivity index (χ2n) is 3.37. The highest BCUT2D eigenvalue weighted by Gasteiger charge is 1.91. The van der Waals surface area contributed by atoms with Crippen LogP contribution in [0, 0.1) is 0 Å². The van der Waals surface area contributed by atoms with Gasteiger partial charge < -0.3 is 9.16 Å². The zero-order chi connectivity index (χ0) is 9.78. The Morgan fingerprint density at radius 3 is 2.46 bits per heavy atom. The van der Waals surface area contributed by atoms with Gasteiger partial charge in [0.25, 0.3) is 0 Å². The largest absolute Gasteiger partial charge is 0.422 e. The highest BCUT2D eigenvalue weighted by atomic mass is 28.2. The molecule has 0 amide bonds. The molecule has 3 heteroatoms. The van der Waals surface area contributed by atoms with Crippen LogP contribution in [0.2, 0.25) is 6.04 Å². The molecule has 2 nitrogen and oxygen atoms in total. The van der Waals surface area contributed by atoms with Crippen LogP contribution in [0.3, 0.4) is 0 Å². The summed E-state index contributed by atoms with van der Waals surface area (Å²) in [5, 5.41) is 0. The molecule has 0 aliphatic rings. The molecule has 0 unspecified atom stereocenters. The van der Waals surface area contributed by atoms with Crippen molar-refractivity contribution in [2.75, 3.05) is 20.3 Å². The first-order chi connectivity index (χ1) is 6.41. The van der Waals surface area contributed by atoms with Crippen LogP contribution in [0.15, 0.2) is 0 Å². The Bertz CT molecular complexity index is 79.0. The molecule has 0 fully saturated rings. The number of hydrogen-bond donors (Lipinski definition) is 0. The smallest absolute Gasteiger partial charge is 0.161 e. The van der Waals surface area contributed by atoms with Crippen LogP contribution in [0.5, 0.6) is 0 Å². The van der Waals surface area contributed by atoms with E-state index in [4.69, 9.17) is 9.16 Å². The second-order valence-corrected chi connectivity index (χ2v) is 4.90. The van der Waals surface area contributed by atoms with E-state index in [0.29, 0.717) is 0 Å². The SMILES string of the molecule is CCCCCCC[SiH2]OCCOC. The molecule has 0 rings (SSSR count). The summed E-state index contributed by atoms with van der Waals surface area (Å²) in [6.45, 7) is 3.81. The normalized spacial score (nSPS) is 11.5. The first-order valence-corrected chi connectivity index (χ1v) is 7.06. The highest BCUT2D eigenvalue weighted by molar-refractivity contribution is 6.26. The van der Waals surface area contributed by atoms with Crippen molar-refractivity contribution in [1.82, 2.24) is 0 Å². The molecule has 0 atom stereocenters. The quantitative estimate of drug-likeness (QED) is 0.401. The minimum Gasteiger partial charge on any atom is -0.422 e. The second kappa shape index (κ2) is 12.1. The molecule has 0 saturated heterocycles. The summed E-state index contributed by atoms with van der Waals surface area (Å²) in [4.78, 5) is 0. The van der Waals surface area contributed by atoms with Gasteiger partial charge in [-0.1, -0.05) is 39.0 Å². The van der Waals surface area contributed by atoms with Crippen LogP contribution >= 0.6 is 0 Å². The molecule has 0 aliphatic carbocycles. The van der Waals surface area contributed by atoms with E-state index in [-0.39, 0.29) is 9.76 Å². The Balaban J connectivity index is 2.76. The van der Waals surface area contributed by atoms with E-state index in [9.17, 15) is 0 Å². The topological polar surface area (TPSA) is 18.5 Å². The fourth-order valence-corrected chi connectivity index (χ4v) is 2.31. The molecule has 0 aromatic heterocycles. The summed E-state index contributed by atoms with van der Waals surface area (Å²) in [6.07, 6.45) is 6.91. The van der Waals surface area contributed by atoms with Gasteiger partial charge in [0.15, 0.2) is 9.76 Å². The lowest BCUT2D eigenvalue weighted by Crippen LogP contribution is -2.05. The van der Waals surface area contributed by atoms with Crippen LogP contribution in [0.25, 0.3) is 0 Å². The maximum atomic E-state index is 5.49. The maximum Gasteiger partial charge on any atom is 0.161 e. The van der Waals surface area contributed by atoms with Gasteiger partial charge in [-0.05, 0) is 6.04 Å². The summed E-state index contributed by atoms with van der Waals surface area (Å²) < 4.78 is 10.4. The number of unbranched alkanes of at least 4 members (excludes halogenated alkanes) is 4. The van der Waals surface area contributed by atoms with E-state index in [1.54, 1.807) is 7.11 Å². The van der Waals surface area contributed by atoms with Crippen LogP contribution in [-0.4, -0.2) is 30.1 Å². The Labute approximate surface area is 84.9 Å². The van der Waals surface area contributed by atoms with Gasteiger partial charge in [0.05, 0.1) is 13.2 Å². The molecule has 0 heterocycles. The Morgan fingerprint density at radius 2 is 1.77 bits per heavy atom. The third kappa shape index (κ3) is 12.1. The number of methoxy groups -OCH3 is 1. The molecule has 13 heavy (non-hydrogen) atoms. The maximum absolute atomic E-state index is 5.49. The van der Waals surface area contributed by atoms with Gasteiger partial charge >= 0.3 is 0 Å². The van der Waals surface area contributed by atoms with E-state index in [1.807, 2.05) is 0 Å². The Morgan fingerprint density at radius 1 is 1.00 bits per heavy atom. The fourth-order valence-electron chi connectivity index (χ4n) is 1.23. The number of hydrogen-bond acceptors (Lipinski definition) is 2. The molecule has 0 saturated carbocycles.